The molecule has 1 aliphatic heterocycles. The largest absolute Gasteiger partial charge is 0.369 e. The maximum absolute atomic E-state index is 12.5. The van der Waals surface area contributed by atoms with Gasteiger partial charge in [-0.3, -0.25) is 9.59 Å². The van der Waals surface area contributed by atoms with Gasteiger partial charge in [-0.15, -0.1) is 0 Å². The molecule has 0 bridgehead atoms. The summed E-state index contributed by atoms with van der Waals surface area (Å²) in [5, 5.41) is 0. The van der Waals surface area contributed by atoms with E-state index >= 15 is 0 Å². The third-order valence-corrected chi connectivity index (χ3v) is 3.93. The molecule has 4 nitrogen and oxygen atoms in total. The van der Waals surface area contributed by atoms with E-state index in [9.17, 15) is 9.59 Å². The molecule has 1 aromatic rings. The summed E-state index contributed by atoms with van der Waals surface area (Å²) in [5.41, 5.74) is 7.15. The van der Waals surface area contributed by atoms with Gasteiger partial charge in [0.1, 0.15) is 0 Å². The molecule has 1 aliphatic carbocycles. The van der Waals surface area contributed by atoms with Gasteiger partial charge in [-0.05, 0) is 24.5 Å². The van der Waals surface area contributed by atoms with Crippen LogP contribution in [0.1, 0.15) is 24.3 Å². The Bertz CT molecular complexity index is 557. The minimum atomic E-state index is -0.380. The molecule has 98 valence electrons. The van der Waals surface area contributed by atoms with Crippen LogP contribution in [0.4, 0.5) is 5.69 Å². The monoisotopic (exact) mass is 256 g/mol. The molecule has 0 saturated carbocycles. The zero-order valence-electron chi connectivity index (χ0n) is 10.6. The number of primary amides is 1. The van der Waals surface area contributed by atoms with Crippen molar-refractivity contribution in [2.24, 2.45) is 11.7 Å². The molecular formula is C15H16N2O2. The number of para-hydroxylation sites is 1. The number of carbonyl (C=O) groups excluding carboxylic acids is 2. The lowest BCUT2D eigenvalue weighted by atomic mass is 10.0. The molecule has 0 unspecified atom stereocenters. The van der Waals surface area contributed by atoms with E-state index in [4.69, 9.17) is 5.73 Å². The SMILES string of the molecule is NC(=O)[C@@H]1CN(C(=O)C2CC=CC2)c2ccccc21. The first-order chi connectivity index (χ1) is 9.18. The van der Waals surface area contributed by atoms with Crippen LogP contribution < -0.4 is 10.6 Å². The highest BCUT2D eigenvalue weighted by atomic mass is 16.2. The molecular weight excluding hydrogens is 240 g/mol. The number of benzene rings is 1. The second kappa shape index (κ2) is 4.53. The van der Waals surface area contributed by atoms with E-state index in [2.05, 4.69) is 0 Å². The van der Waals surface area contributed by atoms with Gasteiger partial charge in [0.2, 0.25) is 11.8 Å². The highest BCUT2D eigenvalue weighted by molar-refractivity contribution is 6.01. The number of allylic oxidation sites excluding steroid dienone is 2. The van der Waals surface area contributed by atoms with Gasteiger partial charge in [0.25, 0.3) is 0 Å². The van der Waals surface area contributed by atoms with Crippen LogP contribution in [-0.4, -0.2) is 18.4 Å². The number of hydrogen-bond donors (Lipinski definition) is 1. The van der Waals surface area contributed by atoms with Crippen LogP contribution in [-0.2, 0) is 9.59 Å². The number of anilines is 1. The van der Waals surface area contributed by atoms with Crippen molar-refractivity contribution in [1.29, 1.82) is 0 Å². The van der Waals surface area contributed by atoms with Crippen molar-refractivity contribution in [1.82, 2.24) is 0 Å². The molecule has 1 heterocycles. The first-order valence-electron chi connectivity index (χ1n) is 6.53. The topological polar surface area (TPSA) is 63.4 Å². The molecule has 1 aromatic carbocycles. The first-order valence-corrected chi connectivity index (χ1v) is 6.53. The minimum absolute atomic E-state index is 0.0136. The van der Waals surface area contributed by atoms with Crippen LogP contribution in [0.3, 0.4) is 0 Å². The molecule has 4 heteroatoms. The van der Waals surface area contributed by atoms with Gasteiger partial charge in [0.15, 0.2) is 0 Å². The number of amides is 2. The van der Waals surface area contributed by atoms with Gasteiger partial charge in [0, 0.05) is 18.2 Å². The van der Waals surface area contributed by atoms with Crippen LogP contribution in [0.5, 0.6) is 0 Å². The Hall–Kier alpha value is -2.10. The summed E-state index contributed by atoms with van der Waals surface area (Å²) in [6.07, 6.45) is 5.66. The Labute approximate surface area is 111 Å². The van der Waals surface area contributed by atoms with Crippen LogP contribution in [0.25, 0.3) is 0 Å². The fourth-order valence-electron chi connectivity index (χ4n) is 2.90. The predicted octanol–water partition coefficient (Wildman–Crippen LogP) is 1.57. The Balaban J connectivity index is 1.92. The number of hydrogen-bond acceptors (Lipinski definition) is 2. The van der Waals surface area contributed by atoms with Crippen LogP contribution in [0.2, 0.25) is 0 Å². The van der Waals surface area contributed by atoms with E-state index in [1.807, 2.05) is 36.4 Å². The van der Waals surface area contributed by atoms with Gasteiger partial charge in [-0.25, -0.2) is 0 Å². The number of nitrogens with zero attached hydrogens (tertiary/aromatic N) is 1. The predicted molar refractivity (Wildman–Crippen MR) is 72.6 cm³/mol. The van der Waals surface area contributed by atoms with Gasteiger partial charge in [-0.1, -0.05) is 30.4 Å². The molecule has 0 aromatic heterocycles. The Kier molecular flexibility index (Phi) is 2.85. The highest BCUT2D eigenvalue weighted by Crippen LogP contribution is 2.37. The molecule has 19 heavy (non-hydrogen) atoms. The maximum Gasteiger partial charge on any atom is 0.230 e. The van der Waals surface area contributed by atoms with E-state index in [0.29, 0.717) is 6.54 Å². The number of fused-ring (bicyclic) bond motifs is 1. The average Bonchev–Trinajstić information content (AvgIpc) is 3.05. The van der Waals surface area contributed by atoms with Gasteiger partial charge in [-0.2, -0.15) is 0 Å². The highest BCUT2D eigenvalue weighted by Gasteiger charge is 2.37. The number of nitrogens with two attached hydrogens (primary N) is 1. The normalized spacial score (nSPS) is 21.7. The molecule has 0 fully saturated rings. The smallest absolute Gasteiger partial charge is 0.230 e. The summed E-state index contributed by atoms with van der Waals surface area (Å²) < 4.78 is 0. The zero-order valence-corrected chi connectivity index (χ0v) is 10.6. The van der Waals surface area contributed by atoms with Gasteiger partial charge in [0.05, 0.1) is 5.92 Å². The molecule has 0 radical (unpaired) electrons. The molecule has 0 saturated heterocycles. The summed E-state index contributed by atoms with van der Waals surface area (Å²) in [4.78, 5) is 25.8. The van der Waals surface area contributed by atoms with Crippen LogP contribution >= 0.6 is 0 Å². The van der Waals surface area contributed by atoms with Crippen molar-refractivity contribution in [3.05, 3.63) is 42.0 Å². The van der Waals surface area contributed by atoms with Crippen LogP contribution in [0, 0.1) is 5.92 Å². The summed E-state index contributed by atoms with van der Waals surface area (Å²) in [5.74, 6) is -0.636. The summed E-state index contributed by atoms with van der Waals surface area (Å²) in [7, 11) is 0. The van der Waals surface area contributed by atoms with E-state index < -0.39 is 0 Å². The second-order valence-corrected chi connectivity index (χ2v) is 5.10. The lowest BCUT2D eigenvalue weighted by Crippen LogP contribution is -2.36. The lowest BCUT2D eigenvalue weighted by molar-refractivity contribution is -0.122. The quantitative estimate of drug-likeness (QED) is 0.816. The fraction of sp³-hybridized carbons (Fsp3) is 0.333. The van der Waals surface area contributed by atoms with E-state index in [1.165, 1.54) is 0 Å². The van der Waals surface area contributed by atoms with Crippen LogP contribution in [0.15, 0.2) is 36.4 Å². The van der Waals surface area contributed by atoms with E-state index in [-0.39, 0.29) is 23.7 Å². The average molecular weight is 256 g/mol. The van der Waals surface area contributed by atoms with Crippen molar-refractivity contribution in [3.63, 3.8) is 0 Å². The molecule has 2 aliphatic rings. The molecule has 2 amide bonds. The molecule has 3 rings (SSSR count). The van der Waals surface area contributed by atoms with Crippen molar-refractivity contribution >= 4 is 17.5 Å². The second-order valence-electron chi connectivity index (χ2n) is 5.10. The van der Waals surface area contributed by atoms with Crippen molar-refractivity contribution in [2.75, 3.05) is 11.4 Å². The summed E-state index contributed by atoms with van der Waals surface area (Å²) >= 11 is 0. The Morgan fingerprint density at radius 3 is 2.53 bits per heavy atom. The molecule has 2 N–H and O–H groups in total. The van der Waals surface area contributed by atoms with Gasteiger partial charge < -0.3 is 10.6 Å². The number of carbonyl (C=O) groups is 2. The number of rotatable bonds is 2. The standard InChI is InChI=1S/C15H16N2O2/c16-14(18)12-9-17(13-8-4-3-7-11(12)13)15(19)10-5-1-2-6-10/h1-4,7-8,10,12H,5-6,9H2,(H2,16,18)/t12-/m1/s1. The summed E-state index contributed by atoms with van der Waals surface area (Å²) in [6, 6.07) is 7.53. The van der Waals surface area contributed by atoms with Crippen molar-refractivity contribution in [3.8, 4) is 0 Å². The van der Waals surface area contributed by atoms with E-state index in [1.54, 1.807) is 4.90 Å². The zero-order chi connectivity index (χ0) is 13.4. The minimum Gasteiger partial charge on any atom is -0.369 e. The Morgan fingerprint density at radius 2 is 1.84 bits per heavy atom. The van der Waals surface area contributed by atoms with E-state index in [0.717, 1.165) is 24.1 Å². The lowest BCUT2D eigenvalue weighted by Gasteiger charge is -2.21. The molecule has 0 spiro atoms. The maximum atomic E-state index is 12.5. The molecule has 1 atom stereocenters. The van der Waals surface area contributed by atoms with Gasteiger partial charge >= 0.3 is 0 Å². The first kappa shape index (κ1) is 12.0. The summed E-state index contributed by atoms with van der Waals surface area (Å²) in [6.45, 7) is 0.379. The third-order valence-electron chi connectivity index (χ3n) is 3.93. The third kappa shape index (κ3) is 1.93. The van der Waals surface area contributed by atoms with Crippen molar-refractivity contribution in [2.45, 2.75) is 18.8 Å². The Morgan fingerprint density at radius 1 is 1.16 bits per heavy atom. The fourth-order valence-corrected chi connectivity index (χ4v) is 2.90. The van der Waals surface area contributed by atoms with Crippen molar-refractivity contribution < 1.29 is 9.59 Å².